The van der Waals surface area contributed by atoms with E-state index in [1.54, 1.807) is 10.9 Å². The Morgan fingerprint density at radius 3 is 2.47 bits per heavy atom. The Morgan fingerprint density at radius 1 is 1.09 bits per heavy atom. The second-order valence-corrected chi connectivity index (χ2v) is 7.68. The van der Waals surface area contributed by atoms with Crippen LogP contribution in [-0.2, 0) is 6.42 Å². The molecule has 0 unspecified atom stereocenters. The summed E-state index contributed by atoms with van der Waals surface area (Å²) in [6.07, 6.45) is 3.36. The van der Waals surface area contributed by atoms with E-state index < -0.39 is 11.7 Å². The van der Waals surface area contributed by atoms with Crippen LogP contribution < -0.4 is 5.32 Å². The van der Waals surface area contributed by atoms with Crippen LogP contribution in [0.25, 0.3) is 16.7 Å². The molecule has 32 heavy (non-hydrogen) atoms. The van der Waals surface area contributed by atoms with Crippen LogP contribution in [0.3, 0.4) is 0 Å². The molecule has 4 aromatic rings. The number of unbranched alkanes of at least 4 members (excludes halogenated alkanes) is 1. The van der Waals surface area contributed by atoms with Gasteiger partial charge in [-0.3, -0.25) is 4.79 Å². The Balaban J connectivity index is 1.59. The molecule has 1 aromatic heterocycles. The number of aryl methyl sites for hydroxylation is 2. The first-order valence-corrected chi connectivity index (χ1v) is 10.5. The highest BCUT2D eigenvalue weighted by molar-refractivity contribution is 6.05. The van der Waals surface area contributed by atoms with Crippen molar-refractivity contribution in [1.29, 1.82) is 5.26 Å². The molecule has 0 aliphatic carbocycles. The zero-order valence-electron chi connectivity index (χ0n) is 17.9. The molecule has 4 rings (SSSR count). The lowest BCUT2D eigenvalue weighted by molar-refractivity contribution is 0.102. The minimum Gasteiger partial charge on any atom is -0.322 e. The zero-order chi connectivity index (χ0) is 22.7. The molecule has 0 saturated heterocycles. The Hall–Kier alpha value is -4.05. The van der Waals surface area contributed by atoms with Gasteiger partial charge in [0.1, 0.15) is 16.9 Å². The number of fused-ring (bicyclic) bond motifs is 1. The molecule has 6 nitrogen and oxygen atoms in total. The molecular formula is C25H22FN5O. The number of anilines is 1. The fraction of sp³-hybridized carbons (Fsp3) is 0.200. The van der Waals surface area contributed by atoms with Gasteiger partial charge in [0.2, 0.25) is 0 Å². The van der Waals surface area contributed by atoms with Gasteiger partial charge < -0.3 is 5.32 Å². The number of hydrogen-bond acceptors (Lipinski definition) is 4. The monoisotopic (exact) mass is 427 g/mol. The molecule has 0 atom stereocenters. The summed E-state index contributed by atoms with van der Waals surface area (Å²) in [5.41, 5.74) is 4.77. The molecule has 0 aliphatic rings. The molecule has 0 fully saturated rings. The summed E-state index contributed by atoms with van der Waals surface area (Å²) < 4.78 is 14.2. The predicted octanol–water partition coefficient (Wildman–Crippen LogP) is 5.33. The minimum atomic E-state index is -0.742. The fourth-order valence-corrected chi connectivity index (χ4v) is 3.45. The molecule has 1 heterocycles. The first-order valence-electron chi connectivity index (χ1n) is 10.5. The van der Waals surface area contributed by atoms with Crippen LogP contribution in [0.2, 0.25) is 0 Å². The van der Waals surface area contributed by atoms with Crippen molar-refractivity contribution in [3.63, 3.8) is 0 Å². The second kappa shape index (κ2) is 8.98. The number of nitriles is 1. The van der Waals surface area contributed by atoms with Crippen LogP contribution in [-0.4, -0.2) is 20.9 Å². The van der Waals surface area contributed by atoms with E-state index in [1.807, 2.05) is 31.2 Å². The van der Waals surface area contributed by atoms with E-state index >= 15 is 0 Å². The van der Waals surface area contributed by atoms with Gasteiger partial charge in [-0.05, 0) is 73.4 Å². The van der Waals surface area contributed by atoms with Crippen LogP contribution in [0, 0.1) is 24.1 Å². The number of amides is 1. The lowest BCUT2D eigenvalue weighted by Gasteiger charge is -2.09. The first-order chi connectivity index (χ1) is 15.5. The van der Waals surface area contributed by atoms with Gasteiger partial charge in [0.25, 0.3) is 5.91 Å². The fourth-order valence-electron chi connectivity index (χ4n) is 3.45. The van der Waals surface area contributed by atoms with Crippen molar-refractivity contribution in [3.8, 4) is 11.8 Å². The van der Waals surface area contributed by atoms with Gasteiger partial charge in [-0.2, -0.15) is 10.1 Å². The molecule has 0 saturated carbocycles. The number of carbonyl (C=O) groups is 1. The van der Waals surface area contributed by atoms with E-state index in [-0.39, 0.29) is 11.1 Å². The summed E-state index contributed by atoms with van der Waals surface area (Å²) in [5, 5.41) is 20.7. The van der Waals surface area contributed by atoms with Crippen molar-refractivity contribution in [2.75, 3.05) is 5.32 Å². The number of hydrogen-bond donors (Lipinski definition) is 1. The number of nitrogens with zero attached hydrogens (tertiary/aromatic N) is 4. The zero-order valence-corrected chi connectivity index (χ0v) is 17.9. The molecule has 0 aliphatic heterocycles. The Bertz CT molecular complexity index is 1340. The van der Waals surface area contributed by atoms with Crippen molar-refractivity contribution in [3.05, 3.63) is 82.7 Å². The normalized spacial score (nSPS) is 10.8. The van der Waals surface area contributed by atoms with Crippen molar-refractivity contribution >= 4 is 22.6 Å². The van der Waals surface area contributed by atoms with E-state index in [0.29, 0.717) is 16.7 Å². The number of aromatic nitrogens is 3. The number of carbonyl (C=O) groups excluding carboxylic acids is 1. The minimum absolute atomic E-state index is 0.129. The number of halogens is 1. The molecular weight excluding hydrogens is 405 g/mol. The maximum Gasteiger partial charge on any atom is 0.258 e. The van der Waals surface area contributed by atoms with Crippen molar-refractivity contribution in [1.82, 2.24) is 15.0 Å². The summed E-state index contributed by atoms with van der Waals surface area (Å²) in [5.74, 6) is -1.34. The number of rotatable bonds is 6. The summed E-state index contributed by atoms with van der Waals surface area (Å²) in [6.45, 7) is 4.01. The molecule has 0 bridgehead atoms. The van der Waals surface area contributed by atoms with Crippen LogP contribution in [0.15, 0.2) is 54.6 Å². The van der Waals surface area contributed by atoms with E-state index in [0.717, 1.165) is 36.6 Å². The molecule has 160 valence electrons. The van der Waals surface area contributed by atoms with Crippen LogP contribution in [0.1, 0.15) is 46.8 Å². The maximum atomic E-state index is 14.2. The molecule has 0 spiro atoms. The SMILES string of the molecule is CCCCc1ccc(-n2nc3cc(C)c(NC(=O)c4ccc(C#N)cc4F)cc3n2)cc1. The molecule has 7 heteroatoms. The number of benzene rings is 3. The average Bonchev–Trinajstić information content (AvgIpc) is 3.20. The predicted molar refractivity (Wildman–Crippen MR) is 121 cm³/mol. The van der Waals surface area contributed by atoms with Crippen molar-refractivity contribution < 1.29 is 9.18 Å². The molecule has 3 aromatic carbocycles. The van der Waals surface area contributed by atoms with Gasteiger partial charge in [0.15, 0.2) is 0 Å². The lowest BCUT2D eigenvalue weighted by Crippen LogP contribution is -2.14. The highest BCUT2D eigenvalue weighted by Gasteiger charge is 2.15. The van der Waals surface area contributed by atoms with Crippen molar-refractivity contribution in [2.45, 2.75) is 33.1 Å². The third kappa shape index (κ3) is 4.35. The van der Waals surface area contributed by atoms with Crippen LogP contribution in [0.5, 0.6) is 0 Å². The van der Waals surface area contributed by atoms with Gasteiger partial charge in [-0.25, -0.2) is 4.39 Å². The van der Waals surface area contributed by atoms with Gasteiger partial charge in [-0.15, -0.1) is 10.2 Å². The smallest absolute Gasteiger partial charge is 0.258 e. The van der Waals surface area contributed by atoms with Gasteiger partial charge in [0.05, 0.1) is 22.9 Å². The Morgan fingerprint density at radius 2 is 1.81 bits per heavy atom. The summed E-state index contributed by atoms with van der Waals surface area (Å²) in [7, 11) is 0. The second-order valence-electron chi connectivity index (χ2n) is 7.68. The lowest BCUT2D eigenvalue weighted by atomic mass is 10.1. The summed E-state index contributed by atoms with van der Waals surface area (Å²) >= 11 is 0. The van der Waals surface area contributed by atoms with Gasteiger partial charge >= 0.3 is 0 Å². The van der Waals surface area contributed by atoms with E-state index in [1.165, 1.54) is 17.7 Å². The average molecular weight is 427 g/mol. The topological polar surface area (TPSA) is 83.6 Å². The van der Waals surface area contributed by atoms with E-state index in [2.05, 4.69) is 34.6 Å². The summed E-state index contributed by atoms with van der Waals surface area (Å²) in [6, 6.07) is 17.3. The van der Waals surface area contributed by atoms with Crippen molar-refractivity contribution in [2.24, 2.45) is 0 Å². The highest BCUT2D eigenvalue weighted by atomic mass is 19.1. The molecule has 1 amide bonds. The largest absolute Gasteiger partial charge is 0.322 e. The maximum absolute atomic E-state index is 14.2. The third-order valence-electron chi connectivity index (χ3n) is 5.30. The van der Waals surface area contributed by atoms with Crippen LogP contribution in [0.4, 0.5) is 10.1 Å². The highest BCUT2D eigenvalue weighted by Crippen LogP contribution is 2.23. The van der Waals surface area contributed by atoms with Gasteiger partial charge in [-0.1, -0.05) is 25.5 Å². The summed E-state index contributed by atoms with van der Waals surface area (Å²) in [4.78, 5) is 14.2. The Kier molecular flexibility index (Phi) is 5.95. The Labute approximate surface area is 185 Å². The third-order valence-corrected chi connectivity index (χ3v) is 5.30. The van der Waals surface area contributed by atoms with E-state index in [4.69, 9.17) is 5.26 Å². The van der Waals surface area contributed by atoms with Gasteiger partial charge in [0, 0.05) is 5.69 Å². The first kappa shape index (κ1) is 21.2. The van der Waals surface area contributed by atoms with E-state index in [9.17, 15) is 9.18 Å². The molecule has 0 radical (unpaired) electrons. The quantitative estimate of drug-likeness (QED) is 0.450. The standard InChI is InChI=1S/C25H22FN5O/c1-3-4-5-17-6-9-19(10-7-17)31-29-23-12-16(2)22(14-24(23)30-31)28-25(32)20-11-8-18(15-27)13-21(20)26/h6-14H,3-5H2,1-2H3,(H,28,32). The molecule has 1 N–H and O–H groups in total. The van der Waals surface area contributed by atoms with Crippen LogP contribution >= 0.6 is 0 Å². The number of nitrogens with one attached hydrogen (secondary N) is 1.